The van der Waals surface area contributed by atoms with Crippen LogP contribution in [0.3, 0.4) is 0 Å². The van der Waals surface area contributed by atoms with Gasteiger partial charge in [-0.3, -0.25) is 25.9 Å². The largest absolute Gasteiger partial charge is 0.486 e. The molecule has 0 bridgehead atoms. The summed E-state index contributed by atoms with van der Waals surface area (Å²) in [4.78, 5) is 24.4. The summed E-state index contributed by atoms with van der Waals surface area (Å²) in [7, 11) is 0. The van der Waals surface area contributed by atoms with Crippen molar-refractivity contribution in [3.63, 3.8) is 0 Å². The van der Waals surface area contributed by atoms with E-state index in [0.717, 1.165) is 6.42 Å². The molecule has 0 saturated carbocycles. The quantitative estimate of drug-likeness (QED) is 0.542. The van der Waals surface area contributed by atoms with Crippen molar-refractivity contribution >= 4 is 11.8 Å². The van der Waals surface area contributed by atoms with E-state index in [4.69, 9.17) is 9.15 Å². The minimum Gasteiger partial charge on any atom is -0.486 e. The predicted molar refractivity (Wildman–Crippen MR) is 103 cm³/mol. The van der Waals surface area contributed by atoms with E-state index >= 15 is 0 Å². The fourth-order valence-corrected chi connectivity index (χ4v) is 3.03. The summed E-state index contributed by atoms with van der Waals surface area (Å²) in [6.07, 6.45) is 1.64. The van der Waals surface area contributed by atoms with Gasteiger partial charge in [0.05, 0.1) is 0 Å². The maximum Gasteiger partial charge on any atom is 0.305 e. The lowest BCUT2D eigenvalue weighted by Gasteiger charge is -2.12. The first-order chi connectivity index (χ1) is 13.5. The van der Waals surface area contributed by atoms with Gasteiger partial charge in [0.15, 0.2) is 5.76 Å². The molecule has 2 heterocycles. The highest BCUT2D eigenvalue weighted by molar-refractivity contribution is 5.93. The van der Waals surface area contributed by atoms with Crippen LogP contribution in [0.15, 0.2) is 46.9 Å². The van der Waals surface area contributed by atoms with Gasteiger partial charge in [0.2, 0.25) is 0 Å². The Hall–Kier alpha value is -2.84. The van der Waals surface area contributed by atoms with Crippen molar-refractivity contribution < 1.29 is 18.7 Å². The zero-order valence-electron chi connectivity index (χ0n) is 16.0. The summed E-state index contributed by atoms with van der Waals surface area (Å²) in [6, 6.07) is 12.4. The molecule has 2 amide bonds. The smallest absolute Gasteiger partial charge is 0.305 e. The highest BCUT2D eigenvalue weighted by atomic mass is 16.5. The number of para-hydroxylation sites is 1. The van der Waals surface area contributed by atoms with Crippen LogP contribution in [0.4, 0.5) is 0 Å². The number of nitrogens with one attached hydrogen (secondary N) is 4. The lowest BCUT2D eigenvalue weighted by atomic mass is 10.00. The third-order valence-corrected chi connectivity index (χ3v) is 4.36. The van der Waals surface area contributed by atoms with Crippen molar-refractivity contribution in [1.29, 1.82) is 0 Å². The normalized spacial score (nSPS) is 18.8. The van der Waals surface area contributed by atoms with Gasteiger partial charge in [0, 0.05) is 6.04 Å². The van der Waals surface area contributed by atoms with Crippen molar-refractivity contribution in [2.75, 3.05) is 0 Å². The van der Waals surface area contributed by atoms with E-state index in [1.807, 2.05) is 30.3 Å². The Bertz CT molecular complexity index is 791. The standard InChI is InChI=1S/C20H26N4O4/c1-13(2)10-14-11-17(22-21-14)19(25)23-24-20(26)18-9-8-16(28-18)12-27-15-6-4-3-5-7-15/h3-9,13-14,17,21-22H,10-12H2,1-2H3,(H,23,25)(H,24,26). The molecule has 4 N–H and O–H groups in total. The highest BCUT2D eigenvalue weighted by Crippen LogP contribution is 2.15. The molecule has 1 aromatic heterocycles. The van der Waals surface area contributed by atoms with E-state index in [1.54, 1.807) is 12.1 Å². The van der Waals surface area contributed by atoms with Gasteiger partial charge >= 0.3 is 5.91 Å². The van der Waals surface area contributed by atoms with Crippen LogP contribution < -0.4 is 26.4 Å². The zero-order valence-corrected chi connectivity index (χ0v) is 16.0. The molecule has 8 nitrogen and oxygen atoms in total. The van der Waals surface area contributed by atoms with Crippen molar-refractivity contribution in [1.82, 2.24) is 21.7 Å². The molecule has 1 aromatic carbocycles. The SMILES string of the molecule is CC(C)CC1CC(C(=O)NNC(=O)c2ccc(COc3ccccc3)o2)NN1. The van der Waals surface area contributed by atoms with Gasteiger partial charge in [-0.15, -0.1) is 0 Å². The Morgan fingerprint density at radius 3 is 2.68 bits per heavy atom. The predicted octanol–water partition coefficient (Wildman–Crippen LogP) is 1.90. The minimum atomic E-state index is -0.524. The number of hydrogen-bond acceptors (Lipinski definition) is 6. The van der Waals surface area contributed by atoms with Crippen molar-refractivity contribution in [2.24, 2.45) is 5.92 Å². The van der Waals surface area contributed by atoms with E-state index in [-0.39, 0.29) is 24.3 Å². The molecule has 1 aliphatic heterocycles. The van der Waals surface area contributed by atoms with Gasteiger partial charge in [-0.05, 0) is 43.0 Å². The third-order valence-electron chi connectivity index (χ3n) is 4.36. The van der Waals surface area contributed by atoms with Gasteiger partial charge in [-0.25, -0.2) is 5.43 Å². The second-order valence-electron chi connectivity index (χ2n) is 7.21. The van der Waals surface area contributed by atoms with Crippen molar-refractivity contribution in [2.45, 2.75) is 45.4 Å². The second-order valence-corrected chi connectivity index (χ2v) is 7.21. The Morgan fingerprint density at radius 1 is 1.14 bits per heavy atom. The van der Waals surface area contributed by atoms with Gasteiger partial charge in [-0.2, -0.15) is 0 Å². The topological polar surface area (TPSA) is 105 Å². The van der Waals surface area contributed by atoms with Crippen LogP contribution in [0.5, 0.6) is 5.75 Å². The van der Waals surface area contributed by atoms with Crippen LogP contribution in [0, 0.1) is 5.92 Å². The molecule has 2 atom stereocenters. The molecule has 0 radical (unpaired) electrons. The van der Waals surface area contributed by atoms with Gasteiger partial charge in [0.1, 0.15) is 24.2 Å². The van der Waals surface area contributed by atoms with Crippen LogP contribution in [-0.4, -0.2) is 23.9 Å². The molecule has 3 rings (SSSR count). The summed E-state index contributed by atoms with van der Waals surface area (Å²) in [6.45, 7) is 4.48. The maximum atomic E-state index is 12.2. The van der Waals surface area contributed by atoms with Crippen LogP contribution >= 0.6 is 0 Å². The lowest BCUT2D eigenvalue weighted by Crippen LogP contribution is -2.50. The number of hydrazine groups is 2. The molecule has 2 aromatic rings. The number of rotatable bonds is 7. The molecule has 1 aliphatic rings. The second kappa shape index (κ2) is 9.38. The highest BCUT2D eigenvalue weighted by Gasteiger charge is 2.29. The van der Waals surface area contributed by atoms with E-state index in [0.29, 0.717) is 23.8 Å². The Balaban J connectivity index is 1.42. The van der Waals surface area contributed by atoms with Gasteiger partial charge in [0.25, 0.3) is 5.91 Å². The van der Waals surface area contributed by atoms with Gasteiger partial charge in [-0.1, -0.05) is 32.0 Å². The minimum absolute atomic E-state index is 0.0992. The molecule has 150 valence electrons. The fraction of sp³-hybridized carbons (Fsp3) is 0.400. The Kier molecular flexibility index (Phi) is 6.67. The van der Waals surface area contributed by atoms with E-state index in [2.05, 4.69) is 35.6 Å². The first-order valence-electron chi connectivity index (χ1n) is 9.39. The molecule has 0 aliphatic carbocycles. The number of benzene rings is 1. The molecular formula is C20H26N4O4. The van der Waals surface area contributed by atoms with Crippen LogP contribution in [-0.2, 0) is 11.4 Å². The zero-order chi connectivity index (χ0) is 19.9. The van der Waals surface area contributed by atoms with Crippen LogP contribution in [0.2, 0.25) is 0 Å². The first kappa shape index (κ1) is 19.9. The van der Waals surface area contributed by atoms with Crippen LogP contribution in [0.1, 0.15) is 43.0 Å². The number of amides is 2. The van der Waals surface area contributed by atoms with Crippen molar-refractivity contribution in [3.05, 3.63) is 54.0 Å². The summed E-state index contributed by atoms with van der Waals surface area (Å²) in [5.74, 6) is 1.04. The molecule has 8 heteroatoms. The molecule has 1 saturated heterocycles. The number of carbonyl (C=O) groups is 2. The Morgan fingerprint density at radius 2 is 1.93 bits per heavy atom. The molecule has 0 spiro atoms. The number of ether oxygens (including phenoxy) is 1. The Labute approximate surface area is 164 Å². The summed E-state index contributed by atoms with van der Waals surface area (Å²) in [5, 5.41) is 0. The van der Waals surface area contributed by atoms with E-state index in [9.17, 15) is 9.59 Å². The number of carbonyl (C=O) groups excluding carboxylic acids is 2. The molecular weight excluding hydrogens is 360 g/mol. The average molecular weight is 386 g/mol. The summed E-state index contributed by atoms with van der Waals surface area (Å²) < 4.78 is 11.0. The maximum absolute atomic E-state index is 12.2. The number of hydrogen-bond donors (Lipinski definition) is 4. The van der Waals surface area contributed by atoms with E-state index < -0.39 is 11.9 Å². The third kappa shape index (κ3) is 5.58. The lowest BCUT2D eigenvalue weighted by molar-refractivity contribution is -0.123. The van der Waals surface area contributed by atoms with Crippen LogP contribution in [0.25, 0.3) is 0 Å². The first-order valence-corrected chi connectivity index (χ1v) is 9.39. The fourth-order valence-electron chi connectivity index (χ4n) is 3.03. The number of furan rings is 1. The average Bonchev–Trinajstić information content (AvgIpc) is 3.34. The molecule has 2 unspecified atom stereocenters. The van der Waals surface area contributed by atoms with Gasteiger partial charge < -0.3 is 9.15 Å². The molecule has 28 heavy (non-hydrogen) atoms. The van der Waals surface area contributed by atoms with Crippen molar-refractivity contribution in [3.8, 4) is 5.75 Å². The molecule has 1 fully saturated rings. The van der Waals surface area contributed by atoms with E-state index in [1.165, 1.54) is 0 Å². The summed E-state index contributed by atoms with van der Waals surface area (Å²) in [5.41, 5.74) is 10.9. The monoisotopic (exact) mass is 386 g/mol. The summed E-state index contributed by atoms with van der Waals surface area (Å²) >= 11 is 0.